The number of nitro groups is 1. The Morgan fingerprint density at radius 2 is 2.00 bits per heavy atom. The normalized spacial score (nSPS) is 11.0. The molecular formula is C15H15NO6S. The summed E-state index contributed by atoms with van der Waals surface area (Å²) < 4.78 is 4.93. The molecule has 0 radical (unpaired) electrons. The van der Waals surface area contributed by atoms with E-state index < -0.39 is 16.7 Å². The van der Waals surface area contributed by atoms with Crippen LogP contribution in [0.5, 0.6) is 0 Å². The lowest BCUT2D eigenvalue weighted by Gasteiger charge is -2.05. The minimum absolute atomic E-state index is 0.0113. The summed E-state index contributed by atoms with van der Waals surface area (Å²) in [4.78, 5) is 44.4. The number of Topliss-reactive ketones (excluding diaryl/α,β-unsaturated/α-hetero) is 1. The number of nitrogens with zero attached hydrogens (tertiary/aromatic N) is 1. The van der Waals surface area contributed by atoms with Crippen molar-refractivity contribution in [3.05, 3.63) is 45.5 Å². The molecule has 0 aliphatic rings. The van der Waals surface area contributed by atoms with Crippen LogP contribution in [0.1, 0.15) is 19.4 Å². The lowest BCUT2D eigenvalue weighted by molar-refractivity contribution is -0.384. The van der Waals surface area contributed by atoms with E-state index in [0.29, 0.717) is 11.3 Å². The van der Waals surface area contributed by atoms with Gasteiger partial charge in [0, 0.05) is 24.8 Å². The Hall–Kier alpha value is -2.48. The van der Waals surface area contributed by atoms with Crippen LogP contribution in [0.4, 0.5) is 5.69 Å². The molecule has 122 valence electrons. The fraction of sp³-hybridized carbons (Fsp3) is 0.267. The third-order valence-electron chi connectivity index (χ3n) is 2.61. The number of hydrogen-bond acceptors (Lipinski definition) is 7. The zero-order valence-corrected chi connectivity index (χ0v) is 13.4. The minimum Gasteiger partial charge on any atom is -0.461 e. The lowest BCUT2D eigenvalue weighted by Crippen LogP contribution is -2.15. The Bertz CT molecular complexity index is 668. The third-order valence-corrected chi connectivity index (χ3v) is 3.39. The first kappa shape index (κ1) is 18.6. The highest BCUT2D eigenvalue weighted by molar-refractivity contribution is 8.13. The van der Waals surface area contributed by atoms with Crippen LogP contribution in [0, 0.1) is 10.1 Å². The monoisotopic (exact) mass is 337 g/mol. The molecule has 0 amide bonds. The highest BCUT2D eigenvalue weighted by Crippen LogP contribution is 2.16. The second-order valence-corrected chi connectivity index (χ2v) is 5.71. The molecule has 0 saturated heterocycles. The molecule has 1 rings (SSSR count). The van der Waals surface area contributed by atoms with Gasteiger partial charge in [0.2, 0.25) is 0 Å². The molecule has 1 aromatic carbocycles. The molecule has 0 heterocycles. The predicted molar refractivity (Wildman–Crippen MR) is 85.9 cm³/mol. The number of ketones is 1. The molecule has 0 aliphatic carbocycles. The van der Waals surface area contributed by atoms with Crippen molar-refractivity contribution < 1.29 is 24.0 Å². The number of ether oxygens (including phenoxy) is 1. The van der Waals surface area contributed by atoms with E-state index in [0.717, 1.165) is 11.8 Å². The van der Waals surface area contributed by atoms with Crippen molar-refractivity contribution in [3.63, 3.8) is 0 Å². The maximum absolute atomic E-state index is 11.9. The third kappa shape index (κ3) is 6.43. The summed E-state index contributed by atoms with van der Waals surface area (Å²) in [6, 6.07) is 5.55. The Morgan fingerprint density at radius 1 is 1.30 bits per heavy atom. The second kappa shape index (κ2) is 8.84. The van der Waals surface area contributed by atoms with Crippen molar-refractivity contribution in [1.82, 2.24) is 0 Å². The molecule has 0 fully saturated rings. The fourth-order valence-corrected chi connectivity index (χ4v) is 2.05. The van der Waals surface area contributed by atoms with Crippen molar-refractivity contribution >= 4 is 40.4 Å². The summed E-state index contributed by atoms with van der Waals surface area (Å²) in [5.74, 6) is -1.04. The van der Waals surface area contributed by atoms with Crippen LogP contribution in [0.15, 0.2) is 29.8 Å². The fourth-order valence-electron chi connectivity index (χ4n) is 1.60. The standard InChI is InChI=1S/C15H15NO6S/c1-10(17)14(15(19)22-6-7-23-11(2)18)9-12-4-3-5-13(8-12)16(20)21/h3-5,8-9H,6-7H2,1-2H3. The predicted octanol–water partition coefficient (Wildman–Crippen LogP) is 2.39. The molecule has 0 aromatic heterocycles. The van der Waals surface area contributed by atoms with E-state index in [2.05, 4.69) is 0 Å². The van der Waals surface area contributed by atoms with E-state index in [4.69, 9.17) is 4.74 Å². The van der Waals surface area contributed by atoms with Gasteiger partial charge in [-0.05, 0) is 18.6 Å². The first-order valence-electron chi connectivity index (χ1n) is 6.59. The molecule has 0 saturated carbocycles. The smallest absolute Gasteiger partial charge is 0.341 e. The van der Waals surface area contributed by atoms with Gasteiger partial charge < -0.3 is 4.74 Å². The van der Waals surface area contributed by atoms with E-state index >= 15 is 0 Å². The van der Waals surface area contributed by atoms with Gasteiger partial charge >= 0.3 is 5.97 Å². The Balaban J connectivity index is 2.86. The van der Waals surface area contributed by atoms with Crippen molar-refractivity contribution in [1.29, 1.82) is 0 Å². The van der Waals surface area contributed by atoms with Gasteiger partial charge in [-0.25, -0.2) is 4.79 Å². The number of carbonyl (C=O) groups is 3. The average molecular weight is 337 g/mol. The van der Waals surface area contributed by atoms with Crippen molar-refractivity contribution in [3.8, 4) is 0 Å². The van der Waals surface area contributed by atoms with Gasteiger partial charge in [-0.15, -0.1) is 0 Å². The van der Waals surface area contributed by atoms with Gasteiger partial charge in [-0.2, -0.15) is 0 Å². The summed E-state index contributed by atoms with van der Waals surface area (Å²) >= 11 is 1.01. The van der Waals surface area contributed by atoms with Crippen molar-refractivity contribution in [2.75, 3.05) is 12.4 Å². The highest BCUT2D eigenvalue weighted by atomic mass is 32.2. The molecule has 1 aromatic rings. The molecule has 23 heavy (non-hydrogen) atoms. The number of nitro benzene ring substituents is 1. The topological polar surface area (TPSA) is 104 Å². The summed E-state index contributed by atoms with van der Waals surface area (Å²) in [5, 5.41) is 10.6. The summed E-state index contributed by atoms with van der Waals surface area (Å²) in [6.45, 7) is 2.59. The van der Waals surface area contributed by atoms with Crippen LogP contribution in [0.3, 0.4) is 0 Å². The summed E-state index contributed by atoms with van der Waals surface area (Å²) in [6.07, 6.45) is 1.25. The second-order valence-electron chi connectivity index (χ2n) is 4.44. The molecule has 7 nitrogen and oxygen atoms in total. The van der Waals surface area contributed by atoms with E-state index in [1.165, 1.54) is 44.2 Å². The van der Waals surface area contributed by atoms with Gasteiger partial charge in [-0.1, -0.05) is 23.9 Å². The molecule has 0 unspecified atom stereocenters. The molecule has 0 N–H and O–H groups in total. The number of esters is 1. The highest BCUT2D eigenvalue weighted by Gasteiger charge is 2.17. The number of non-ortho nitro benzene ring substituents is 1. The number of benzene rings is 1. The maximum Gasteiger partial charge on any atom is 0.341 e. The minimum atomic E-state index is -0.826. The Labute approximate surface area is 136 Å². The van der Waals surface area contributed by atoms with Crippen LogP contribution < -0.4 is 0 Å². The van der Waals surface area contributed by atoms with Gasteiger partial charge in [0.05, 0.1) is 4.92 Å². The van der Waals surface area contributed by atoms with E-state index in [1.54, 1.807) is 0 Å². The number of carbonyl (C=O) groups excluding carboxylic acids is 3. The van der Waals surface area contributed by atoms with Crippen LogP contribution in [-0.2, 0) is 19.1 Å². The quantitative estimate of drug-likeness (QED) is 0.143. The largest absolute Gasteiger partial charge is 0.461 e. The molecule has 0 bridgehead atoms. The average Bonchev–Trinajstić information content (AvgIpc) is 2.48. The van der Waals surface area contributed by atoms with Gasteiger partial charge in [0.15, 0.2) is 10.9 Å². The zero-order valence-electron chi connectivity index (χ0n) is 12.6. The maximum atomic E-state index is 11.9. The molecule has 0 aliphatic heterocycles. The van der Waals surface area contributed by atoms with Crippen molar-refractivity contribution in [2.45, 2.75) is 13.8 Å². The lowest BCUT2D eigenvalue weighted by atomic mass is 10.1. The van der Waals surface area contributed by atoms with Gasteiger partial charge in [0.1, 0.15) is 12.2 Å². The number of hydrogen-bond donors (Lipinski definition) is 0. The molecule has 8 heteroatoms. The first-order chi connectivity index (χ1) is 10.8. The van der Waals surface area contributed by atoms with Gasteiger partial charge in [0.25, 0.3) is 5.69 Å². The van der Waals surface area contributed by atoms with Crippen LogP contribution in [0.25, 0.3) is 6.08 Å². The van der Waals surface area contributed by atoms with E-state index in [9.17, 15) is 24.5 Å². The number of rotatable bonds is 7. The van der Waals surface area contributed by atoms with E-state index in [1.807, 2.05) is 0 Å². The van der Waals surface area contributed by atoms with Crippen LogP contribution in [0.2, 0.25) is 0 Å². The van der Waals surface area contributed by atoms with Gasteiger partial charge in [-0.3, -0.25) is 19.7 Å². The molecular weight excluding hydrogens is 322 g/mol. The SMILES string of the molecule is CC(=O)SCCOC(=O)C(=Cc1cccc([N+](=O)[O-])c1)C(C)=O. The van der Waals surface area contributed by atoms with Crippen molar-refractivity contribution in [2.24, 2.45) is 0 Å². The Morgan fingerprint density at radius 3 is 2.57 bits per heavy atom. The summed E-state index contributed by atoms with van der Waals surface area (Å²) in [5.41, 5.74) is -0.00865. The van der Waals surface area contributed by atoms with Crippen LogP contribution >= 0.6 is 11.8 Å². The van der Waals surface area contributed by atoms with Crippen LogP contribution in [-0.4, -0.2) is 34.2 Å². The summed E-state index contributed by atoms with van der Waals surface area (Å²) in [7, 11) is 0. The molecule has 0 spiro atoms. The zero-order chi connectivity index (χ0) is 17.4. The number of thioether (sulfide) groups is 1. The van der Waals surface area contributed by atoms with E-state index in [-0.39, 0.29) is 23.0 Å². The first-order valence-corrected chi connectivity index (χ1v) is 7.57. The molecule has 0 atom stereocenters. The Kier molecular flexibility index (Phi) is 7.14.